The van der Waals surface area contributed by atoms with Gasteiger partial charge in [0.1, 0.15) is 5.82 Å². The van der Waals surface area contributed by atoms with E-state index in [0.717, 1.165) is 12.6 Å². The Morgan fingerprint density at radius 3 is 2.47 bits per heavy atom. The second-order valence-electron chi connectivity index (χ2n) is 4.75. The molecule has 0 unspecified atom stereocenters. The van der Waals surface area contributed by atoms with Crippen molar-refractivity contribution in [3.05, 3.63) is 18.1 Å². The molecule has 0 bridgehead atoms. The minimum atomic E-state index is -3.12. The van der Waals surface area contributed by atoms with Crippen LogP contribution in [-0.2, 0) is 9.84 Å². The molecule has 104 valence electrons. The van der Waals surface area contributed by atoms with Crippen LogP contribution in [0, 0.1) is 0 Å². The highest BCUT2D eigenvalue weighted by Gasteiger charge is 2.46. The lowest BCUT2D eigenvalue weighted by atomic mass is 9.84. The molecule has 0 saturated heterocycles. The lowest BCUT2D eigenvalue weighted by Crippen LogP contribution is -2.50. The fourth-order valence-electron chi connectivity index (χ4n) is 2.03. The number of carbonyl (C=O) groups is 1. The van der Waals surface area contributed by atoms with E-state index in [4.69, 9.17) is 5.11 Å². The molecule has 2 N–H and O–H groups in total. The molecule has 1 fully saturated rings. The summed E-state index contributed by atoms with van der Waals surface area (Å²) in [6.45, 7) is 0.271. The normalized spacial score (nSPS) is 17.5. The van der Waals surface area contributed by atoms with E-state index < -0.39 is 20.6 Å². The highest BCUT2D eigenvalue weighted by Crippen LogP contribution is 2.38. The molecule has 1 aliphatic carbocycles. The zero-order valence-electron chi connectivity index (χ0n) is 10.5. The molecule has 0 atom stereocenters. The number of rotatable bonds is 5. The summed E-state index contributed by atoms with van der Waals surface area (Å²) >= 11 is 0. The number of carboxylic acid groups (broad SMARTS) is 1. The van der Waals surface area contributed by atoms with Gasteiger partial charge in [0, 0.05) is 12.8 Å². The van der Waals surface area contributed by atoms with Crippen molar-refractivity contribution in [1.82, 2.24) is 9.97 Å². The minimum Gasteiger partial charge on any atom is -0.476 e. The van der Waals surface area contributed by atoms with Crippen LogP contribution < -0.4 is 5.32 Å². The Morgan fingerprint density at radius 2 is 2.11 bits per heavy atom. The van der Waals surface area contributed by atoms with E-state index in [0.29, 0.717) is 18.7 Å². The van der Waals surface area contributed by atoms with Crippen LogP contribution >= 0.6 is 0 Å². The number of hydrogen-bond acceptors (Lipinski definition) is 6. The first-order valence-electron chi connectivity index (χ1n) is 5.83. The maximum Gasteiger partial charge on any atom is 0.356 e. The van der Waals surface area contributed by atoms with Gasteiger partial charge in [0.25, 0.3) is 0 Å². The fourth-order valence-corrected chi connectivity index (χ4v) is 3.40. The predicted octanol–water partition coefficient (Wildman–Crippen LogP) is 0.554. The van der Waals surface area contributed by atoms with Crippen molar-refractivity contribution in [3.8, 4) is 0 Å². The first kappa shape index (κ1) is 13.7. The summed E-state index contributed by atoms with van der Waals surface area (Å²) < 4.78 is 22.8. The van der Waals surface area contributed by atoms with Crippen LogP contribution in [0.5, 0.6) is 0 Å². The van der Waals surface area contributed by atoms with Crippen molar-refractivity contribution in [2.45, 2.75) is 24.0 Å². The predicted molar refractivity (Wildman–Crippen MR) is 68.9 cm³/mol. The first-order valence-corrected chi connectivity index (χ1v) is 7.72. The van der Waals surface area contributed by atoms with Crippen molar-refractivity contribution >= 4 is 21.6 Å². The van der Waals surface area contributed by atoms with Crippen molar-refractivity contribution in [3.63, 3.8) is 0 Å². The van der Waals surface area contributed by atoms with Crippen molar-refractivity contribution in [2.75, 3.05) is 18.1 Å². The first-order chi connectivity index (χ1) is 8.84. The van der Waals surface area contributed by atoms with Crippen LogP contribution in [-0.4, -0.2) is 47.0 Å². The molecule has 0 aromatic carbocycles. The SMILES string of the molecule is CS(=O)(=O)C1(CNc2cnc(C(=O)O)cn2)CCC1. The molecular formula is C11H15N3O4S. The second kappa shape index (κ2) is 4.76. The lowest BCUT2D eigenvalue weighted by molar-refractivity contribution is 0.0690. The number of sulfone groups is 1. The van der Waals surface area contributed by atoms with Gasteiger partial charge in [-0.25, -0.2) is 23.2 Å². The van der Waals surface area contributed by atoms with Crippen LogP contribution in [0.15, 0.2) is 12.4 Å². The molecule has 1 saturated carbocycles. The summed E-state index contributed by atoms with van der Waals surface area (Å²) in [4.78, 5) is 18.2. The molecular weight excluding hydrogens is 270 g/mol. The van der Waals surface area contributed by atoms with Gasteiger partial charge in [-0.15, -0.1) is 0 Å². The van der Waals surface area contributed by atoms with Crippen molar-refractivity contribution in [2.24, 2.45) is 0 Å². The van der Waals surface area contributed by atoms with Gasteiger partial charge < -0.3 is 10.4 Å². The van der Waals surface area contributed by atoms with Gasteiger partial charge in [-0.1, -0.05) is 6.42 Å². The zero-order valence-corrected chi connectivity index (χ0v) is 11.3. The smallest absolute Gasteiger partial charge is 0.356 e. The molecule has 19 heavy (non-hydrogen) atoms. The largest absolute Gasteiger partial charge is 0.476 e. The third kappa shape index (κ3) is 2.67. The Hall–Kier alpha value is -1.70. The van der Waals surface area contributed by atoms with Gasteiger partial charge in [-0.05, 0) is 12.8 Å². The Balaban J connectivity index is 2.04. The van der Waals surface area contributed by atoms with E-state index in [9.17, 15) is 13.2 Å². The average molecular weight is 285 g/mol. The summed E-state index contributed by atoms with van der Waals surface area (Å²) in [5.74, 6) is -0.773. The van der Waals surface area contributed by atoms with E-state index in [1.807, 2.05) is 0 Å². The number of aromatic nitrogens is 2. The molecule has 0 spiro atoms. The summed E-state index contributed by atoms with van der Waals surface area (Å²) in [6, 6.07) is 0. The van der Waals surface area contributed by atoms with Gasteiger partial charge >= 0.3 is 5.97 Å². The highest BCUT2D eigenvalue weighted by molar-refractivity contribution is 7.92. The number of nitrogens with one attached hydrogen (secondary N) is 1. The summed E-state index contributed by atoms with van der Waals surface area (Å²) in [6.07, 6.45) is 5.85. The average Bonchev–Trinajstić information content (AvgIpc) is 2.26. The van der Waals surface area contributed by atoms with Gasteiger partial charge in [-0.3, -0.25) is 0 Å². The molecule has 0 amide bonds. The van der Waals surface area contributed by atoms with Crippen LogP contribution in [0.1, 0.15) is 29.8 Å². The lowest BCUT2D eigenvalue weighted by Gasteiger charge is -2.40. The summed E-state index contributed by atoms with van der Waals surface area (Å²) in [5, 5.41) is 11.6. The molecule has 2 rings (SSSR count). The molecule has 1 aromatic rings. The molecule has 0 radical (unpaired) electrons. The number of hydrogen-bond donors (Lipinski definition) is 2. The van der Waals surface area contributed by atoms with Crippen LogP contribution in [0.2, 0.25) is 0 Å². The molecule has 1 aliphatic rings. The fraction of sp³-hybridized carbons (Fsp3) is 0.545. The summed E-state index contributed by atoms with van der Waals surface area (Å²) in [5.41, 5.74) is -0.146. The van der Waals surface area contributed by atoms with Crippen LogP contribution in [0.4, 0.5) is 5.82 Å². The topological polar surface area (TPSA) is 109 Å². The maximum absolute atomic E-state index is 11.7. The van der Waals surface area contributed by atoms with Gasteiger partial charge in [0.15, 0.2) is 15.5 Å². The van der Waals surface area contributed by atoms with E-state index in [1.165, 1.54) is 12.5 Å². The van der Waals surface area contributed by atoms with E-state index in [1.54, 1.807) is 0 Å². The minimum absolute atomic E-state index is 0.146. The Morgan fingerprint density at radius 1 is 1.42 bits per heavy atom. The Kier molecular flexibility index (Phi) is 3.44. The standard InChI is InChI=1S/C11H15N3O4S/c1-19(17,18)11(3-2-4-11)7-14-9-6-12-8(5-13-9)10(15)16/h5-6H,2-4,7H2,1H3,(H,13,14)(H,15,16). The number of nitrogens with zero attached hydrogens (tertiary/aromatic N) is 2. The molecule has 1 heterocycles. The van der Waals surface area contributed by atoms with E-state index in [2.05, 4.69) is 15.3 Å². The zero-order chi connectivity index (χ0) is 14.1. The monoisotopic (exact) mass is 285 g/mol. The Labute approximate surface area is 111 Å². The van der Waals surface area contributed by atoms with E-state index in [-0.39, 0.29) is 12.2 Å². The number of aromatic carboxylic acids is 1. The van der Waals surface area contributed by atoms with Crippen molar-refractivity contribution < 1.29 is 18.3 Å². The Bertz CT molecular complexity index is 578. The number of carboxylic acids is 1. The highest BCUT2D eigenvalue weighted by atomic mass is 32.2. The number of anilines is 1. The molecule has 7 nitrogen and oxygen atoms in total. The molecule has 1 aromatic heterocycles. The van der Waals surface area contributed by atoms with Crippen LogP contribution in [0.25, 0.3) is 0 Å². The maximum atomic E-state index is 11.7. The molecule has 8 heteroatoms. The third-order valence-electron chi connectivity index (χ3n) is 3.51. The third-order valence-corrected chi connectivity index (χ3v) is 5.64. The van der Waals surface area contributed by atoms with Gasteiger partial charge in [-0.2, -0.15) is 0 Å². The van der Waals surface area contributed by atoms with Crippen LogP contribution in [0.3, 0.4) is 0 Å². The van der Waals surface area contributed by atoms with Gasteiger partial charge in [0.05, 0.1) is 17.1 Å². The summed E-state index contributed by atoms with van der Waals surface area (Å²) in [7, 11) is -3.12. The second-order valence-corrected chi connectivity index (χ2v) is 7.16. The van der Waals surface area contributed by atoms with E-state index >= 15 is 0 Å². The quantitative estimate of drug-likeness (QED) is 0.813. The van der Waals surface area contributed by atoms with Crippen molar-refractivity contribution in [1.29, 1.82) is 0 Å². The molecule has 0 aliphatic heterocycles. The van der Waals surface area contributed by atoms with Gasteiger partial charge in [0.2, 0.25) is 0 Å².